The lowest BCUT2D eigenvalue weighted by Gasteiger charge is -2.30. The van der Waals surface area contributed by atoms with Crippen LogP contribution in [-0.4, -0.2) is 33.4 Å². The summed E-state index contributed by atoms with van der Waals surface area (Å²) >= 11 is 0. The summed E-state index contributed by atoms with van der Waals surface area (Å²) in [4.78, 5) is 32.0. The fraction of sp³-hybridized carbons (Fsp3) is 0.333. The molecule has 3 heterocycles. The first-order chi connectivity index (χ1) is 11.7. The first-order valence-electron chi connectivity index (χ1n) is 8.21. The second-order valence-electron chi connectivity index (χ2n) is 6.20. The summed E-state index contributed by atoms with van der Waals surface area (Å²) in [6.07, 6.45) is 9.65. The minimum atomic E-state index is -0.190. The van der Waals surface area contributed by atoms with Crippen molar-refractivity contribution in [2.24, 2.45) is 0 Å². The van der Waals surface area contributed by atoms with Gasteiger partial charge in [0.25, 0.3) is 0 Å². The average Bonchev–Trinajstić information content (AvgIpc) is 2.98. The van der Waals surface area contributed by atoms with Crippen molar-refractivity contribution in [1.29, 1.82) is 0 Å². The first-order valence-corrected chi connectivity index (χ1v) is 8.21. The zero-order valence-electron chi connectivity index (χ0n) is 13.4. The molecule has 1 fully saturated rings. The van der Waals surface area contributed by atoms with Crippen LogP contribution in [0.1, 0.15) is 30.4 Å². The van der Waals surface area contributed by atoms with E-state index in [9.17, 15) is 9.59 Å². The molecule has 0 N–H and O–H groups in total. The molecule has 3 aliphatic heterocycles. The number of piperidine rings is 1. The number of carbonyl (C=O) groups is 2. The van der Waals surface area contributed by atoms with E-state index in [0.29, 0.717) is 31.6 Å². The van der Waals surface area contributed by atoms with Gasteiger partial charge in [-0.2, -0.15) is 5.01 Å². The van der Waals surface area contributed by atoms with Crippen LogP contribution in [0.2, 0.25) is 0 Å². The molecule has 0 atom stereocenters. The molecule has 0 radical (unpaired) electrons. The highest BCUT2D eigenvalue weighted by molar-refractivity contribution is 5.96. The van der Waals surface area contributed by atoms with Gasteiger partial charge in [-0.25, -0.2) is 0 Å². The lowest BCUT2D eigenvalue weighted by Crippen LogP contribution is -2.51. The van der Waals surface area contributed by atoms with Crippen LogP contribution in [-0.2, 0) is 22.7 Å². The number of rotatable bonds is 3. The van der Waals surface area contributed by atoms with Crippen molar-refractivity contribution >= 4 is 11.8 Å². The van der Waals surface area contributed by atoms with Crippen LogP contribution in [0.4, 0.5) is 0 Å². The molecule has 2 amide bonds. The van der Waals surface area contributed by atoms with E-state index in [0.717, 1.165) is 23.7 Å². The van der Waals surface area contributed by atoms with Crippen LogP contribution in [0.5, 0.6) is 5.75 Å². The number of benzene rings is 1. The predicted molar refractivity (Wildman–Crippen MR) is 87.0 cm³/mol. The number of allylic oxidation sites excluding steroid dienone is 2. The second kappa shape index (κ2) is 6.13. The average molecular weight is 325 g/mol. The van der Waals surface area contributed by atoms with Crippen molar-refractivity contribution < 1.29 is 14.4 Å². The quantitative estimate of drug-likeness (QED) is 0.797. The second-order valence-corrected chi connectivity index (χ2v) is 6.20. The normalized spacial score (nSPS) is 20.5. The third-order valence-corrected chi connectivity index (χ3v) is 4.38. The van der Waals surface area contributed by atoms with Gasteiger partial charge in [0.2, 0.25) is 11.8 Å². The number of hydroxylamine groups is 1. The minimum absolute atomic E-state index is 0.190. The number of hydrogen-bond acceptors (Lipinski definition) is 5. The van der Waals surface area contributed by atoms with Gasteiger partial charge in [0, 0.05) is 31.5 Å². The molecule has 0 aliphatic carbocycles. The Balaban J connectivity index is 1.48. The zero-order valence-corrected chi connectivity index (χ0v) is 13.4. The SMILES string of the molecule is O=C1CCCC(=O)N1N1Cc2cc(CN3C=CC=CC3)ccc2O1. The molecule has 0 aromatic heterocycles. The molecule has 0 bridgehead atoms. The van der Waals surface area contributed by atoms with Crippen LogP contribution in [0.3, 0.4) is 0 Å². The van der Waals surface area contributed by atoms with E-state index in [-0.39, 0.29) is 11.8 Å². The topological polar surface area (TPSA) is 53.1 Å². The maximum atomic E-state index is 12.0. The predicted octanol–water partition coefficient (Wildman–Crippen LogP) is 2.14. The van der Waals surface area contributed by atoms with Crippen molar-refractivity contribution in [3.8, 4) is 5.75 Å². The Kier molecular flexibility index (Phi) is 3.82. The maximum absolute atomic E-state index is 12.0. The molecular weight excluding hydrogens is 306 g/mol. The number of amides is 2. The van der Waals surface area contributed by atoms with E-state index in [1.165, 1.54) is 10.7 Å². The van der Waals surface area contributed by atoms with E-state index in [1.807, 2.05) is 24.3 Å². The number of carbonyl (C=O) groups excluding carboxylic acids is 2. The van der Waals surface area contributed by atoms with Gasteiger partial charge >= 0.3 is 0 Å². The van der Waals surface area contributed by atoms with E-state index in [2.05, 4.69) is 23.2 Å². The van der Waals surface area contributed by atoms with Gasteiger partial charge in [-0.1, -0.05) is 18.2 Å². The Morgan fingerprint density at radius 3 is 2.67 bits per heavy atom. The van der Waals surface area contributed by atoms with Gasteiger partial charge in [-0.15, -0.1) is 0 Å². The molecule has 6 nitrogen and oxygen atoms in total. The van der Waals surface area contributed by atoms with Gasteiger partial charge in [-0.3, -0.25) is 9.59 Å². The van der Waals surface area contributed by atoms with Crippen molar-refractivity contribution in [2.75, 3.05) is 6.54 Å². The summed E-state index contributed by atoms with van der Waals surface area (Å²) < 4.78 is 0. The van der Waals surface area contributed by atoms with E-state index >= 15 is 0 Å². The van der Waals surface area contributed by atoms with E-state index in [4.69, 9.17) is 4.84 Å². The van der Waals surface area contributed by atoms with Gasteiger partial charge in [0.15, 0.2) is 5.75 Å². The molecule has 0 spiro atoms. The summed E-state index contributed by atoms with van der Waals surface area (Å²) in [7, 11) is 0. The Morgan fingerprint density at radius 1 is 1.08 bits per heavy atom. The smallest absolute Gasteiger partial charge is 0.246 e. The van der Waals surface area contributed by atoms with Crippen LogP contribution >= 0.6 is 0 Å². The molecule has 1 saturated heterocycles. The molecule has 124 valence electrons. The highest BCUT2D eigenvalue weighted by Gasteiger charge is 2.36. The first kappa shape index (κ1) is 15.0. The molecule has 0 saturated carbocycles. The van der Waals surface area contributed by atoms with Crippen molar-refractivity contribution in [1.82, 2.24) is 15.1 Å². The monoisotopic (exact) mass is 325 g/mol. The number of imide groups is 1. The maximum Gasteiger partial charge on any atom is 0.246 e. The lowest BCUT2D eigenvalue weighted by atomic mass is 10.1. The Bertz CT molecular complexity index is 725. The van der Waals surface area contributed by atoms with E-state index in [1.54, 1.807) is 0 Å². The fourth-order valence-corrected chi connectivity index (χ4v) is 3.20. The summed E-state index contributed by atoms with van der Waals surface area (Å²) in [5, 5.41) is 2.54. The van der Waals surface area contributed by atoms with Crippen LogP contribution in [0.25, 0.3) is 0 Å². The summed E-state index contributed by atoms with van der Waals surface area (Å²) in [5.74, 6) is 0.327. The van der Waals surface area contributed by atoms with Gasteiger partial charge in [0.1, 0.15) is 0 Å². The number of hydrogen-bond donors (Lipinski definition) is 0. The minimum Gasteiger partial charge on any atom is -0.385 e. The highest BCUT2D eigenvalue weighted by atomic mass is 16.7. The largest absolute Gasteiger partial charge is 0.385 e. The van der Waals surface area contributed by atoms with Crippen molar-refractivity contribution in [3.63, 3.8) is 0 Å². The standard InChI is InChI=1S/C18H19N3O3/c22-17-5-4-6-18(23)21(17)20-13-15-11-14(7-8-16(15)24-20)12-19-9-2-1-3-10-19/h1-3,7-9,11H,4-6,10,12-13H2. The van der Waals surface area contributed by atoms with Gasteiger partial charge in [-0.05, 0) is 41.6 Å². The fourth-order valence-electron chi connectivity index (χ4n) is 3.20. The molecular formula is C18H19N3O3. The molecule has 1 aromatic rings. The Labute approximate surface area is 140 Å². The van der Waals surface area contributed by atoms with Crippen LogP contribution in [0, 0.1) is 0 Å². The highest BCUT2D eigenvalue weighted by Crippen LogP contribution is 2.31. The number of fused-ring (bicyclic) bond motifs is 1. The summed E-state index contributed by atoms with van der Waals surface area (Å²) in [6.45, 7) is 2.12. The third kappa shape index (κ3) is 2.80. The molecule has 6 heteroatoms. The van der Waals surface area contributed by atoms with Crippen LogP contribution < -0.4 is 4.84 Å². The number of nitrogens with zero attached hydrogens (tertiary/aromatic N) is 3. The molecule has 3 aliphatic rings. The lowest BCUT2D eigenvalue weighted by molar-refractivity contribution is -0.218. The molecule has 1 aromatic carbocycles. The molecule has 4 rings (SSSR count). The summed E-state index contributed by atoms with van der Waals surface area (Å²) in [5.41, 5.74) is 2.17. The Morgan fingerprint density at radius 2 is 1.92 bits per heavy atom. The molecule has 24 heavy (non-hydrogen) atoms. The van der Waals surface area contributed by atoms with Gasteiger partial charge in [0.05, 0.1) is 6.54 Å². The van der Waals surface area contributed by atoms with Crippen LogP contribution in [0.15, 0.2) is 42.6 Å². The zero-order chi connectivity index (χ0) is 16.5. The Hall–Kier alpha value is -2.60. The van der Waals surface area contributed by atoms with E-state index < -0.39 is 0 Å². The summed E-state index contributed by atoms with van der Waals surface area (Å²) in [6, 6.07) is 6.02. The number of hydrazine groups is 1. The third-order valence-electron chi connectivity index (χ3n) is 4.38. The van der Waals surface area contributed by atoms with Crippen molar-refractivity contribution in [3.05, 3.63) is 53.8 Å². The van der Waals surface area contributed by atoms with Gasteiger partial charge < -0.3 is 9.74 Å². The molecule has 0 unspecified atom stereocenters. The van der Waals surface area contributed by atoms with Crippen molar-refractivity contribution in [2.45, 2.75) is 32.4 Å².